The van der Waals surface area contributed by atoms with Gasteiger partial charge in [-0.15, -0.1) is 0 Å². The van der Waals surface area contributed by atoms with Gasteiger partial charge in [0, 0.05) is 16.6 Å². The third kappa shape index (κ3) is 2.39. The summed E-state index contributed by atoms with van der Waals surface area (Å²) in [6, 6.07) is 7.72. The Kier molecular flexibility index (Phi) is 4.10. The third-order valence-electron chi connectivity index (χ3n) is 8.04. The molecule has 3 fully saturated rings. The van der Waals surface area contributed by atoms with Gasteiger partial charge in [-0.1, -0.05) is 30.4 Å². The number of allylic oxidation sites excluding steroid dienone is 2. The molecule has 6 atom stereocenters. The fourth-order valence-electron chi connectivity index (χ4n) is 6.94. The number of esters is 1. The molecular formula is C25H32NO4+. The van der Waals surface area contributed by atoms with Crippen LogP contribution in [0.4, 0.5) is 0 Å². The summed E-state index contributed by atoms with van der Waals surface area (Å²) in [6.07, 6.45) is 6.82. The van der Waals surface area contributed by atoms with Gasteiger partial charge in [-0.25, -0.2) is 4.79 Å². The summed E-state index contributed by atoms with van der Waals surface area (Å²) in [5, 5.41) is 11.8. The van der Waals surface area contributed by atoms with E-state index in [2.05, 4.69) is 21.1 Å². The van der Waals surface area contributed by atoms with Crippen LogP contribution in [0.3, 0.4) is 0 Å². The van der Waals surface area contributed by atoms with Gasteiger partial charge in [0.15, 0.2) is 0 Å². The van der Waals surface area contributed by atoms with Gasteiger partial charge in [-0.2, -0.15) is 0 Å². The van der Waals surface area contributed by atoms with Crippen LogP contribution >= 0.6 is 0 Å². The highest BCUT2D eigenvalue weighted by molar-refractivity contribution is 5.88. The topological polar surface area (TPSA) is 55.8 Å². The number of para-hydroxylation sites is 1. The number of hydrogen-bond acceptors (Lipinski definition) is 4. The van der Waals surface area contributed by atoms with E-state index >= 15 is 0 Å². The normalized spacial score (nSPS) is 39.0. The molecule has 1 heterocycles. The predicted octanol–water partition coefficient (Wildman–Crippen LogP) is 3.53. The number of ether oxygens (including phenoxy) is 2. The number of quaternary nitrogens is 1. The molecule has 1 aromatic rings. The number of rotatable bonds is 4. The van der Waals surface area contributed by atoms with Crippen molar-refractivity contribution in [3.8, 4) is 5.75 Å². The molecule has 1 spiro atoms. The SMILES string of the molecule is C/C=C\C1=C(C)Oc2ccccc2C1(O)C(=O)OC1CC2CCC23C1C3[N+](C)(C)C. The van der Waals surface area contributed by atoms with Crippen molar-refractivity contribution in [1.82, 2.24) is 0 Å². The van der Waals surface area contributed by atoms with Crippen LogP contribution in [-0.4, -0.2) is 48.8 Å². The Balaban J connectivity index is 1.49. The molecule has 1 N–H and O–H groups in total. The lowest BCUT2D eigenvalue weighted by atomic mass is 9.70. The van der Waals surface area contributed by atoms with E-state index in [4.69, 9.17) is 9.47 Å². The smallest absolute Gasteiger partial charge is 0.348 e. The molecule has 4 aliphatic rings. The van der Waals surface area contributed by atoms with Gasteiger partial charge in [0.25, 0.3) is 0 Å². The number of nitrogens with zero attached hydrogens (tertiary/aromatic N) is 1. The van der Waals surface area contributed by atoms with Gasteiger partial charge in [-0.05, 0) is 45.1 Å². The minimum atomic E-state index is -1.86. The van der Waals surface area contributed by atoms with Crippen molar-refractivity contribution in [2.45, 2.75) is 50.9 Å². The second kappa shape index (κ2) is 6.21. The van der Waals surface area contributed by atoms with Crippen LogP contribution in [0, 0.1) is 17.3 Å². The zero-order valence-corrected chi connectivity index (χ0v) is 18.5. The Bertz CT molecular complexity index is 974. The van der Waals surface area contributed by atoms with Crippen molar-refractivity contribution in [3.05, 3.63) is 53.3 Å². The van der Waals surface area contributed by atoms with Crippen molar-refractivity contribution >= 4 is 5.97 Å². The molecule has 0 amide bonds. The van der Waals surface area contributed by atoms with Crippen LogP contribution in [0.15, 0.2) is 47.7 Å². The molecule has 3 aliphatic carbocycles. The molecule has 1 aromatic carbocycles. The monoisotopic (exact) mass is 410 g/mol. The highest BCUT2D eigenvalue weighted by atomic mass is 16.6. The minimum Gasteiger partial charge on any atom is -0.461 e. The molecule has 0 saturated heterocycles. The Morgan fingerprint density at radius 3 is 2.63 bits per heavy atom. The van der Waals surface area contributed by atoms with Crippen LogP contribution in [0.25, 0.3) is 0 Å². The summed E-state index contributed by atoms with van der Waals surface area (Å²) in [5.41, 5.74) is -0.620. The van der Waals surface area contributed by atoms with E-state index in [0.29, 0.717) is 45.9 Å². The average Bonchev–Trinajstić information content (AvgIpc) is 3.36. The van der Waals surface area contributed by atoms with E-state index in [9.17, 15) is 9.90 Å². The van der Waals surface area contributed by atoms with Gasteiger partial charge < -0.3 is 19.1 Å². The second-order valence-electron chi connectivity index (χ2n) is 10.4. The Morgan fingerprint density at radius 2 is 2.03 bits per heavy atom. The minimum absolute atomic E-state index is 0.126. The molecule has 0 aromatic heterocycles. The van der Waals surface area contributed by atoms with Crippen molar-refractivity contribution in [2.24, 2.45) is 17.3 Å². The molecule has 160 valence electrons. The molecular weight excluding hydrogens is 378 g/mol. The first-order valence-corrected chi connectivity index (χ1v) is 11.0. The lowest BCUT2D eigenvalue weighted by molar-refractivity contribution is -0.888. The number of hydrogen-bond donors (Lipinski definition) is 1. The van der Waals surface area contributed by atoms with E-state index in [1.165, 1.54) is 12.8 Å². The summed E-state index contributed by atoms with van der Waals surface area (Å²) >= 11 is 0. The van der Waals surface area contributed by atoms with Crippen LogP contribution < -0.4 is 4.74 Å². The first kappa shape index (κ1) is 19.8. The van der Waals surface area contributed by atoms with Crippen LogP contribution in [0.5, 0.6) is 5.75 Å². The van der Waals surface area contributed by atoms with Crippen molar-refractivity contribution < 1.29 is 23.9 Å². The molecule has 6 unspecified atom stereocenters. The number of fused-ring (bicyclic) bond motifs is 1. The Hall–Kier alpha value is -2.11. The standard InChI is InChI=1S/C25H32NO4/c1-6-9-17-15(2)29-19-11-8-7-10-18(19)25(17,28)23(27)30-20-14-16-12-13-24(16)21(20)22(24)26(3,4)5/h6-11,16,20-22,28H,12-14H2,1-5H3/q+1/b9-6-. The Labute approximate surface area is 178 Å². The first-order chi connectivity index (χ1) is 14.2. The van der Waals surface area contributed by atoms with E-state index in [-0.39, 0.29) is 6.10 Å². The van der Waals surface area contributed by atoms with Gasteiger partial charge >= 0.3 is 5.97 Å². The molecule has 0 bridgehead atoms. The molecule has 5 heteroatoms. The van der Waals surface area contributed by atoms with Crippen LogP contribution in [-0.2, 0) is 15.1 Å². The summed E-state index contributed by atoms with van der Waals surface area (Å²) in [4.78, 5) is 13.6. The first-order valence-electron chi connectivity index (χ1n) is 11.0. The fraction of sp³-hybridized carbons (Fsp3) is 0.560. The van der Waals surface area contributed by atoms with E-state index in [1.807, 2.05) is 25.1 Å². The van der Waals surface area contributed by atoms with Crippen molar-refractivity contribution in [3.63, 3.8) is 0 Å². The predicted molar refractivity (Wildman–Crippen MR) is 113 cm³/mol. The summed E-state index contributed by atoms with van der Waals surface area (Å²) < 4.78 is 13.0. The molecule has 3 saturated carbocycles. The molecule has 5 rings (SSSR count). The fourth-order valence-corrected chi connectivity index (χ4v) is 6.94. The maximum atomic E-state index is 13.6. The zero-order valence-electron chi connectivity index (χ0n) is 18.5. The lowest BCUT2D eigenvalue weighted by Gasteiger charge is -2.40. The van der Waals surface area contributed by atoms with Gasteiger partial charge in [0.2, 0.25) is 5.60 Å². The average molecular weight is 411 g/mol. The summed E-state index contributed by atoms with van der Waals surface area (Å²) in [7, 11) is 6.72. The largest absolute Gasteiger partial charge is 0.461 e. The zero-order chi connectivity index (χ0) is 21.5. The molecule has 1 aliphatic heterocycles. The maximum absolute atomic E-state index is 13.6. The van der Waals surface area contributed by atoms with E-state index in [1.54, 1.807) is 25.1 Å². The third-order valence-corrected chi connectivity index (χ3v) is 8.04. The molecule has 30 heavy (non-hydrogen) atoms. The van der Waals surface area contributed by atoms with Crippen LogP contribution in [0.2, 0.25) is 0 Å². The van der Waals surface area contributed by atoms with Crippen molar-refractivity contribution in [1.29, 1.82) is 0 Å². The van der Waals surface area contributed by atoms with Gasteiger partial charge in [-0.3, -0.25) is 0 Å². The van der Waals surface area contributed by atoms with Crippen molar-refractivity contribution in [2.75, 3.05) is 21.1 Å². The van der Waals surface area contributed by atoms with Gasteiger partial charge in [0.1, 0.15) is 23.7 Å². The maximum Gasteiger partial charge on any atom is 0.348 e. The van der Waals surface area contributed by atoms with Gasteiger partial charge in [0.05, 0.1) is 27.1 Å². The summed E-state index contributed by atoms with van der Waals surface area (Å²) in [5.74, 6) is 1.48. The highest BCUT2D eigenvalue weighted by Crippen LogP contribution is 2.78. The summed E-state index contributed by atoms with van der Waals surface area (Å²) in [6.45, 7) is 3.64. The number of carbonyl (C=O) groups is 1. The van der Waals surface area contributed by atoms with E-state index in [0.717, 1.165) is 10.9 Å². The quantitative estimate of drug-likeness (QED) is 0.609. The van der Waals surface area contributed by atoms with E-state index < -0.39 is 11.6 Å². The lowest BCUT2D eigenvalue weighted by Crippen LogP contribution is -2.47. The molecule has 5 nitrogen and oxygen atoms in total. The highest BCUT2D eigenvalue weighted by Gasteiger charge is 2.84. The Morgan fingerprint density at radius 1 is 1.30 bits per heavy atom. The number of aliphatic hydroxyl groups is 1. The molecule has 0 radical (unpaired) electrons. The second-order valence-corrected chi connectivity index (χ2v) is 10.4. The van der Waals surface area contributed by atoms with Crippen LogP contribution in [0.1, 0.15) is 38.7 Å². The number of carbonyl (C=O) groups excluding carboxylic acids is 1. The number of benzene rings is 1.